The van der Waals surface area contributed by atoms with Crippen LogP contribution in [-0.2, 0) is 5.54 Å². The number of rotatable bonds is 4. The molecule has 0 aliphatic heterocycles. The number of carbonyl (C=O) groups is 1. The molecule has 7 nitrogen and oxygen atoms in total. The first-order chi connectivity index (χ1) is 13.1. The summed E-state index contributed by atoms with van der Waals surface area (Å²) in [5, 5.41) is 15.0. The van der Waals surface area contributed by atoms with Gasteiger partial charge in [0.25, 0.3) is 11.7 Å². The Labute approximate surface area is 168 Å². The van der Waals surface area contributed by atoms with Gasteiger partial charge >= 0.3 is 0 Å². The number of halogens is 1. The molecule has 0 bridgehead atoms. The van der Waals surface area contributed by atoms with Crippen LogP contribution in [0.25, 0.3) is 0 Å². The number of ether oxygens (including phenoxy) is 1. The smallest absolute Gasteiger partial charge is 0.297 e. The molecule has 3 rings (SSSR count). The maximum Gasteiger partial charge on any atom is 0.297 e. The first kappa shape index (κ1) is 19.8. The van der Waals surface area contributed by atoms with E-state index in [1.54, 1.807) is 18.2 Å². The summed E-state index contributed by atoms with van der Waals surface area (Å²) in [4.78, 5) is 14.0. The molecule has 1 aromatic heterocycles. The Balaban J connectivity index is 1.88. The van der Waals surface area contributed by atoms with E-state index in [0.29, 0.717) is 22.2 Å². The minimum atomic E-state index is -0.520. The molecule has 0 fully saturated rings. The maximum atomic E-state index is 12.6. The van der Waals surface area contributed by atoms with E-state index in [4.69, 9.17) is 16.3 Å². The summed E-state index contributed by atoms with van der Waals surface area (Å²) >= 11 is 6.31. The lowest BCUT2D eigenvalue weighted by molar-refractivity contribution is 0.101. The number of nitrogens with one attached hydrogen (secondary N) is 1. The summed E-state index contributed by atoms with van der Waals surface area (Å²) in [5.74, 6) is 0.516. The first-order valence-corrected chi connectivity index (χ1v) is 9.18. The molecule has 0 saturated carbocycles. The number of aryl methyl sites for hydroxylation is 2. The molecule has 28 heavy (non-hydrogen) atoms. The fraction of sp³-hybridized carbons (Fsp3) is 0.300. The van der Waals surface area contributed by atoms with Gasteiger partial charge in [0.05, 0.1) is 10.6 Å². The number of tetrazole rings is 1. The highest BCUT2D eigenvalue weighted by molar-refractivity contribution is 6.34. The zero-order valence-corrected chi connectivity index (χ0v) is 17.2. The maximum absolute atomic E-state index is 12.6. The number of carbonyl (C=O) groups excluding carboxylic acids is 1. The van der Waals surface area contributed by atoms with Crippen molar-refractivity contribution in [3.63, 3.8) is 0 Å². The standard InChI is InChI=1S/C20H22ClN5O2/c1-12-9-13(2)11-14(10-12)28-16-8-6-7-15(21)17(16)22-19(27)18-23-25-26(24-18)20(3,4)5/h6-11H,1-5H3,(H,22,27). The van der Waals surface area contributed by atoms with Crippen molar-refractivity contribution in [1.82, 2.24) is 20.2 Å². The quantitative estimate of drug-likeness (QED) is 0.684. The van der Waals surface area contributed by atoms with Crippen LogP contribution in [0.3, 0.4) is 0 Å². The number of benzene rings is 2. The predicted molar refractivity (Wildman–Crippen MR) is 108 cm³/mol. The van der Waals surface area contributed by atoms with Crippen LogP contribution < -0.4 is 10.1 Å². The Morgan fingerprint density at radius 1 is 1.14 bits per heavy atom. The van der Waals surface area contributed by atoms with Crippen LogP contribution in [0.1, 0.15) is 42.5 Å². The van der Waals surface area contributed by atoms with Crippen molar-refractivity contribution in [3.8, 4) is 11.5 Å². The lowest BCUT2D eigenvalue weighted by atomic mass is 10.1. The third-order valence-corrected chi connectivity index (χ3v) is 4.17. The highest BCUT2D eigenvalue weighted by Crippen LogP contribution is 2.36. The molecule has 1 N–H and O–H groups in total. The number of amides is 1. The van der Waals surface area contributed by atoms with E-state index in [0.717, 1.165) is 11.1 Å². The Morgan fingerprint density at radius 2 is 1.82 bits per heavy atom. The molecule has 1 amide bonds. The third-order valence-electron chi connectivity index (χ3n) is 3.85. The Morgan fingerprint density at radius 3 is 2.43 bits per heavy atom. The molecule has 0 saturated heterocycles. The molecule has 0 spiro atoms. The van der Waals surface area contributed by atoms with Crippen LogP contribution in [0.2, 0.25) is 5.02 Å². The van der Waals surface area contributed by atoms with Crippen molar-refractivity contribution in [1.29, 1.82) is 0 Å². The van der Waals surface area contributed by atoms with E-state index in [2.05, 4.69) is 26.8 Å². The molecule has 0 aliphatic rings. The van der Waals surface area contributed by atoms with Crippen molar-refractivity contribution >= 4 is 23.2 Å². The van der Waals surface area contributed by atoms with Crippen LogP contribution in [-0.4, -0.2) is 26.1 Å². The summed E-state index contributed by atoms with van der Waals surface area (Å²) in [7, 11) is 0. The molecule has 0 unspecified atom stereocenters. The van der Waals surface area contributed by atoms with E-state index in [-0.39, 0.29) is 11.4 Å². The summed E-state index contributed by atoms with van der Waals surface area (Å²) < 4.78 is 5.99. The normalized spacial score (nSPS) is 11.4. The van der Waals surface area contributed by atoms with E-state index in [1.165, 1.54) is 4.80 Å². The average Bonchev–Trinajstić information content (AvgIpc) is 3.07. The topological polar surface area (TPSA) is 81.9 Å². The zero-order chi connectivity index (χ0) is 20.5. The first-order valence-electron chi connectivity index (χ1n) is 8.80. The van der Waals surface area contributed by atoms with Crippen molar-refractivity contribution < 1.29 is 9.53 Å². The van der Waals surface area contributed by atoms with Crippen LogP contribution in [0.5, 0.6) is 11.5 Å². The van der Waals surface area contributed by atoms with Gasteiger partial charge in [-0.2, -0.15) is 4.80 Å². The van der Waals surface area contributed by atoms with Crippen LogP contribution in [0.15, 0.2) is 36.4 Å². The van der Waals surface area contributed by atoms with E-state index < -0.39 is 5.91 Å². The molecule has 0 atom stereocenters. The summed E-state index contributed by atoms with van der Waals surface area (Å²) in [6.45, 7) is 9.73. The number of hydrogen-bond acceptors (Lipinski definition) is 5. The lowest BCUT2D eigenvalue weighted by Crippen LogP contribution is -2.25. The highest BCUT2D eigenvalue weighted by atomic mass is 35.5. The fourth-order valence-corrected chi connectivity index (χ4v) is 2.80. The van der Waals surface area contributed by atoms with Gasteiger partial charge in [0.2, 0.25) is 0 Å². The number of nitrogens with zero attached hydrogens (tertiary/aromatic N) is 4. The SMILES string of the molecule is Cc1cc(C)cc(Oc2cccc(Cl)c2NC(=O)c2nnn(C(C)(C)C)n2)c1. The van der Waals surface area contributed by atoms with Crippen LogP contribution in [0.4, 0.5) is 5.69 Å². The number of para-hydroxylation sites is 1. The summed E-state index contributed by atoms with van der Waals surface area (Å²) in [5.41, 5.74) is 2.12. The molecule has 3 aromatic rings. The zero-order valence-electron chi connectivity index (χ0n) is 16.4. The fourth-order valence-electron chi connectivity index (χ4n) is 2.59. The van der Waals surface area contributed by atoms with Crippen LogP contribution in [0, 0.1) is 13.8 Å². The van der Waals surface area contributed by atoms with Crippen LogP contribution >= 0.6 is 11.6 Å². The van der Waals surface area contributed by atoms with Gasteiger partial charge in [-0.1, -0.05) is 23.7 Å². The van der Waals surface area contributed by atoms with Gasteiger partial charge in [-0.3, -0.25) is 4.79 Å². The van der Waals surface area contributed by atoms with Gasteiger partial charge < -0.3 is 10.1 Å². The van der Waals surface area contributed by atoms with Gasteiger partial charge in [-0.15, -0.1) is 10.2 Å². The second kappa shape index (κ2) is 7.59. The minimum absolute atomic E-state index is 0.0489. The molecular formula is C20H22ClN5O2. The average molecular weight is 400 g/mol. The molecule has 146 valence electrons. The molecule has 2 aromatic carbocycles. The molecule has 8 heteroatoms. The molecular weight excluding hydrogens is 378 g/mol. The van der Waals surface area contributed by atoms with Gasteiger partial charge in [-0.05, 0) is 75.2 Å². The van der Waals surface area contributed by atoms with Crippen molar-refractivity contribution in [3.05, 3.63) is 58.4 Å². The monoisotopic (exact) mass is 399 g/mol. The van der Waals surface area contributed by atoms with E-state index in [1.807, 2.05) is 46.8 Å². The summed E-state index contributed by atoms with van der Waals surface area (Å²) in [6.07, 6.45) is 0. The number of aromatic nitrogens is 4. The summed E-state index contributed by atoms with van der Waals surface area (Å²) in [6, 6.07) is 11.0. The molecule has 0 radical (unpaired) electrons. The van der Waals surface area contributed by atoms with Crippen molar-refractivity contribution in [2.75, 3.05) is 5.32 Å². The van der Waals surface area contributed by atoms with Gasteiger partial charge in [0.15, 0.2) is 5.75 Å². The molecule has 1 heterocycles. The Bertz CT molecular complexity index is 1000. The van der Waals surface area contributed by atoms with Gasteiger partial charge in [0, 0.05) is 0 Å². The largest absolute Gasteiger partial charge is 0.455 e. The predicted octanol–water partition coefficient (Wildman–Crippen LogP) is 4.74. The van der Waals surface area contributed by atoms with Crippen molar-refractivity contribution in [2.45, 2.75) is 40.2 Å². The Hall–Kier alpha value is -2.93. The number of anilines is 1. The lowest BCUT2D eigenvalue weighted by Gasteiger charge is -2.15. The molecule has 0 aliphatic carbocycles. The highest BCUT2D eigenvalue weighted by Gasteiger charge is 2.22. The Kier molecular flexibility index (Phi) is 5.38. The number of hydrogen-bond donors (Lipinski definition) is 1. The van der Waals surface area contributed by atoms with Crippen molar-refractivity contribution in [2.24, 2.45) is 0 Å². The second-order valence-electron chi connectivity index (χ2n) is 7.57. The van der Waals surface area contributed by atoms with Gasteiger partial charge in [0.1, 0.15) is 11.4 Å². The van der Waals surface area contributed by atoms with E-state index >= 15 is 0 Å². The second-order valence-corrected chi connectivity index (χ2v) is 7.97. The van der Waals surface area contributed by atoms with E-state index in [9.17, 15) is 4.79 Å². The third kappa shape index (κ3) is 4.48. The van der Waals surface area contributed by atoms with Gasteiger partial charge in [-0.25, -0.2) is 0 Å². The minimum Gasteiger partial charge on any atom is -0.455 e.